The van der Waals surface area contributed by atoms with Gasteiger partial charge in [-0.1, -0.05) is 41.9 Å². The molecule has 2 atom stereocenters. The summed E-state index contributed by atoms with van der Waals surface area (Å²) in [6, 6.07) is 19.1. The van der Waals surface area contributed by atoms with Crippen LogP contribution in [0.4, 0.5) is 11.4 Å². The molecule has 2 aromatic carbocycles. The number of benzene rings is 2. The quantitative estimate of drug-likeness (QED) is 0.351. The number of pyridine rings is 1. The molecule has 6 nitrogen and oxygen atoms in total. The fourth-order valence-electron chi connectivity index (χ4n) is 5.37. The number of amides is 1. The summed E-state index contributed by atoms with van der Waals surface area (Å²) in [5.41, 5.74) is 5.93. The number of anilines is 2. The van der Waals surface area contributed by atoms with Crippen LogP contribution < -0.4 is 15.5 Å². The van der Waals surface area contributed by atoms with Crippen LogP contribution in [0.15, 0.2) is 72.9 Å². The Bertz CT molecular complexity index is 1390. The van der Waals surface area contributed by atoms with Crippen molar-refractivity contribution in [3.8, 4) is 0 Å². The molecule has 2 aliphatic rings. The van der Waals surface area contributed by atoms with Gasteiger partial charge in [-0.15, -0.1) is 0 Å². The molecule has 2 aliphatic heterocycles. The molecule has 3 heterocycles. The highest BCUT2D eigenvalue weighted by molar-refractivity contribution is 7.80. The molecule has 0 spiro atoms. The molecule has 0 aliphatic carbocycles. The van der Waals surface area contributed by atoms with Gasteiger partial charge in [0.25, 0.3) is 0 Å². The predicted molar refractivity (Wildman–Crippen MR) is 159 cm³/mol. The molecule has 3 aromatic rings. The van der Waals surface area contributed by atoms with Crippen LogP contribution in [-0.4, -0.2) is 40.0 Å². The number of nitrogens with zero attached hydrogens (tertiary/aromatic N) is 3. The second-order valence-corrected chi connectivity index (χ2v) is 11.2. The number of allylic oxidation sites excluding steroid dienone is 1. The Kier molecular flexibility index (Phi) is 7.16. The first-order chi connectivity index (χ1) is 18.2. The van der Waals surface area contributed by atoms with E-state index in [1.54, 1.807) is 6.20 Å². The summed E-state index contributed by atoms with van der Waals surface area (Å²) in [5, 5.41) is 7.68. The van der Waals surface area contributed by atoms with Crippen molar-refractivity contribution in [2.75, 3.05) is 23.8 Å². The molecule has 5 rings (SSSR count). The zero-order valence-corrected chi connectivity index (χ0v) is 23.6. The SMILES string of the molecule is CC1=CC(C)(C)N(C)c2cc(Cl)c(C3C(c4ccccn4)NC(=S)N3CCC(=O)Nc3ccccc3)cc21. The summed E-state index contributed by atoms with van der Waals surface area (Å²) in [5.74, 6) is -0.0711. The van der Waals surface area contributed by atoms with Gasteiger partial charge in [-0.05, 0) is 80.5 Å². The lowest BCUT2D eigenvalue weighted by Crippen LogP contribution is -2.42. The number of hydrogen-bond donors (Lipinski definition) is 2. The van der Waals surface area contributed by atoms with E-state index in [-0.39, 0.29) is 30.0 Å². The maximum atomic E-state index is 12.8. The Labute approximate surface area is 234 Å². The Morgan fingerprint density at radius 2 is 1.89 bits per heavy atom. The van der Waals surface area contributed by atoms with Crippen LogP contribution in [0.1, 0.15) is 56.1 Å². The number of thiocarbonyl (C=S) groups is 1. The number of fused-ring (bicyclic) bond motifs is 1. The minimum atomic E-state index is -0.229. The maximum absolute atomic E-state index is 12.8. The van der Waals surface area contributed by atoms with Crippen LogP contribution in [0.5, 0.6) is 0 Å². The van der Waals surface area contributed by atoms with Crippen molar-refractivity contribution in [1.82, 2.24) is 15.2 Å². The third kappa shape index (κ3) is 5.00. The molecule has 1 aromatic heterocycles. The van der Waals surface area contributed by atoms with E-state index in [0.717, 1.165) is 28.2 Å². The Hall–Kier alpha value is -3.42. The van der Waals surface area contributed by atoms with Gasteiger partial charge in [0.15, 0.2) is 5.11 Å². The van der Waals surface area contributed by atoms with E-state index in [0.29, 0.717) is 16.7 Å². The van der Waals surface area contributed by atoms with E-state index < -0.39 is 0 Å². The number of nitrogens with one attached hydrogen (secondary N) is 2. The minimum Gasteiger partial charge on any atom is -0.365 e. The summed E-state index contributed by atoms with van der Waals surface area (Å²) < 4.78 is 0. The average molecular weight is 546 g/mol. The van der Waals surface area contributed by atoms with E-state index >= 15 is 0 Å². The van der Waals surface area contributed by atoms with E-state index in [9.17, 15) is 4.79 Å². The lowest BCUT2D eigenvalue weighted by molar-refractivity contribution is -0.116. The first kappa shape index (κ1) is 26.2. The number of para-hydroxylation sites is 1. The molecule has 0 bridgehead atoms. The number of likely N-dealkylation sites (N-methyl/N-ethyl adjacent to an activating group) is 1. The highest BCUT2D eigenvalue weighted by Gasteiger charge is 2.41. The fraction of sp³-hybridized carbons (Fsp3) is 0.300. The number of rotatable bonds is 6. The van der Waals surface area contributed by atoms with Crippen LogP contribution in [-0.2, 0) is 4.79 Å². The van der Waals surface area contributed by atoms with Gasteiger partial charge in [-0.3, -0.25) is 9.78 Å². The molecule has 38 heavy (non-hydrogen) atoms. The van der Waals surface area contributed by atoms with Crippen LogP contribution in [0.2, 0.25) is 5.02 Å². The average Bonchev–Trinajstić information content (AvgIpc) is 3.22. The molecule has 0 radical (unpaired) electrons. The summed E-state index contributed by atoms with van der Waals surface area (Å²) in [4.78, 5) is 21.8. The lowest BCUT2D eigenvalue weighted by Gasteiger charge is -2.41. The number of hydrogen-bond acceptors (Lipinski definition) is 4. The molecule has 2 unspecified atom stereocenters. The summed E-state index contributed by atoms with van der Waals surface area (Å²) in [6.45, 7) is 6.97. The van der Waals surface area contributed by atoms with Crippen LogP contribution in [0.25, 0.3) is 5.57 Å². The Morgan fingerprint density at radius 3 is 2.61 bits per heavy atom. The Morgan fingerprint density at radius 1 is 1.16 bits per heavy atom. The lowest BCUT2D eigenvalue weighted by atomic mass is 9.86. The van der Waals surface area contributed by atoms with Crippen molar-refractivity contribution >= 4 is 51.8 Å². The molecular formula is C30H32ClN5OS. The molecule has 2 N–H and O–H groups in total. The van der Waals surface area contributed by atoms with Crippen molar-refractivity contribution in [3.05, 3.63) is 94.8 Å². The zero-order valence-electron chi connectivity index (χ0n) is 22.0. The van der Waals surface area contributed by atoms with Gasteiger partial charge in [0.2, 0.25) is 5.91 Å². The number of carbonyl (C=O) groups is 1. The van der Waals surface area contributed by atoms with Crippen LogP contribution in [0, 0.1) is 0 Å². The maximum Gasteiger partial charge on any atom is 0.226 e. The van der Waals surface area contributed by atoms with Gasteiger partial charge in [-0.25, -0.2) is 0 Å². The highest BCUT2D eigenvalue weighted by Crippen LogP contribution is 2.46. The second kappa shape index (κ2) is 10.4. The summed E-state index contributed by atoms with van der Waals surface area (Å²) in [7, 11) is 2.10. The second-order valence-electron chi connectivity index (χ2n) is 10.4. The smallest absolute Gasteiger partial charge is 0.226 e. The van der Waals surface area contributed by atoms with Crippen molar-refractivity contribution in [1.29, 1.82) is 0 Å². The van der Waals surface area contributed by atoms with Gasteiger partial charge >= 0.3 is 0 Å². The van der Waals surface area contributed by atoms with Crippen molar-refractivity contribution in [3.63, 3.8) is 0 Å². The van der Waals surface area contributed by atoms with Gasteiger partial charge < -0.3 is 20.4 Å². The molecule has 196 valence electrons. The monoisotopic (exact) mass is 545 g/mol. The largest absolute Gasteiger partial charge is 0.365 e. The Balaban J connectivity index is 1.50. The van der Waals surface area contributed by atoms with E-state index in [2.05, 4.69) is 71.4 Å². The third-order valence-corrected chi connectivity index (χ3v) is 8.17. The molecule has 0 saturated carbocycles. The minimum absolute atomic E-state index is 0.0711. The van der Waals surface area contributed by atoms with Gasteiger partial charge in [-0.2, -0.15) is 0 Å². The van der Waals surface area contributed by atoms with Crippen molar-refractivity contribution < 1.29 is 4.79 Å². The first-order valence-corrected chi connectivity index (χ1v) is 13.5. The van der Waals surface area contributed by atoms with E-state index in [1.807, 2.05) is 48.5 Å². The normalized spacial score (nSPS) is 20.0. The topological polar surface area (TPSA) is 60.5 Å². The van der Waals surface area contributed by atoms with Crippen LogP contribution in [0.3, 0.4) is 0 Å². The van der Waals surface area contributed by atoms with Crippen LogP contribution >= 0.6 is 23.8 Å². The molecular weight excluding hydrogens is 514 g/mol. The summed E-state index contributed by atoms with van der Waals surface area (Å²) >= 11 is 12.8. The summed E-state index contributed by atoms with van der Waals surface area (Å²) in [6.07, 6.45) is 4.35. The molecule has 8 heteroatoms. The van der Waals surface area contributed by atoms with Gasteiger partial charge in [0, 0.05) is 48.2 Å². The highest BCUT2D eigenvalue weighted by atomic mass is 35.5. The van der Waals surface area contributed by atoms with Crippen molar-refractivity contribution in [2.45, 2.75) is 44.8 Å². The predicted octanol–water partition coefficient (Wildman–Crippen LogP) is 6.37. The van der Waals surface area contributed by atoms with E-state index in [4.69, 9.17) is 23.8 Å². The van der Waals surface area contributed by atoms with Gasteiger partial charge in [0.1, 0.15) is 0 Å². The zero-order chi connectivity index (χ0) is 27.0. The van der Waals surface area contributed by atoms with E-state index in [1.165, 1.54) is 5.57 Å². The third-order valence-electron chi connectivity index (χ3n) is 7.49. The molecule has 1 saturated heterocycles. The first-order valence-electron chi connectivity index (χ1n) is 12.8. The molecule has 1 fully saturated rings. The fourth-order valence-corrected chi connectivity index (χ4v) is 5.97. The molecule has 1 amide bonds. The van der Waals surface area contributed by atoms with Gasteiger partial charge in [0.05, 0.1) is 23.3 Å². The number of halogens is 1. The number of aromatic nitrogens is 1. The van der Waals surface area contributed by atoms with Crippen molar-refractivity contribution in [2.24, 2.45) is 0 Å². The standard InChI is InChI=1S/C30H32ClN5OS/c1-19-18-30(2,3)35(4)25-17-23(31)22(16-21(19)25)28-27(24-12-8-9-14-32-24)34-29(38)36(28)15-13-26(37)33-20-10-6-5-7-11-20/h5-12,14,16-18,27-28H,13,15H2,1-4H3,(H,33,37)(H,34,38). The number of carbonyl (C=O) groups excluding carboxylic acids is 1.